The lowest BCUT2D eigenvalue weighted by atomic mass is 9.84. The van der Waals surface area contributed by atoms with E-state index in [1.807, 2.05) is 23.1 Å². The molecule has 0 bridgehead atoms. The third-order valence-electron chi connectivity index (χ3n) is 4.57. The van der Waals surface area contributed by atoms with Gasteiger partial charge in [-0.1, -0.05) is 50.6 Å². The molecule has 3 heteroatoms. The minimum absolute atomic E-state index is 0.0339. The fourth-order valence-electron chi connectivity index (χ4n) is 3.16. The third kappa shape index (κ3) is 3.04. The molecular formula is C17H26N2O. The minimum Gasteiger partial charge on any atom is -0.338 e. The van der Waals surface area contributed by atoms with Crippen LogP contribution in [0.15, 0.2) is 30.3 Å². The zero-order valence-corrected chi connectivity index (χ0v) is 12.6. The molecule has 3 nitrogen and oxygen atoms in total. The Kier molecular flexibility index (Phi) is 5.18. The number of hydrogen-bond acceptors (Lipinski definition) is 2. The van der Waals surface area contributed by atoms with Crippen LogP contribution >= 0.6 is 0 Å². The van der Waals surface area contributed by atoms with Gasteiger partial charge in [-0.3, -0.25) is 4.79 Å². The number of nitrogens with two attached hydrogens (primary N) is 1. The molecule has 2 rings (SSSR count). The second kappa shape index (κ2) is 6.89. The topological polar surface area (TPSA) is 46.3 Å². The summed E-state index contributed by atoms with van der Waals surface area (Å²) in [5.74, 6) is 0.579. The Morgan fingerprint density at radius 1 is 1.40 bits per heavy atom. The zero-order valence-electron chi connectivity index (χ0n) is 12.6. The summed E-state index contributed by atoms with van der Waals surface area (Å²) in [6.45, 7) is 5.76. The van der Waals surface area contributed by atoms with Crippen LogP contribution in [0.2, 0.25) is 0 Å². The number of carbonyl (C=O) groups excluding carboxylic acids is 1. The molecule has 0 radical (unpaired) electrons. The van der Waals surface area contributed by atoms with Gasteiger partial charge in [-0.05, 0) is 24.3 Å². The molecule has 0 aromatic heterocycles. The second-order valence-electron chi connectivity index (χ2n) is 5.84. The van der Waals surface area contributed by atoms with Gasteiger partial charge in [0.25, 0.3) is 0 Å². The molecule has 0 saturated carbocycles. The average molecular weight is 274 g/mol. The Morgan fingerprint density at radius 3 is 2.70 bits per heavy atom. The summed E-state index contributed by atoms with van der Waals surface area (Å²) in [4.78, 5) is 15.0. The number of nitrogens with zero attached hydrogens (tertiary/aromatic N) is 1. The van der Waals surface area contributed by atoms with Crippen molar-refractivity contribution in [2.75, 3.05) is 13.1 Å². The molecule has 1 aliphatic heterocycles. The highest BCUT2D eigenvalue weighted by atomic mass is 16.2. The number of likely N-dealkylation sites (tertiary alicyclic amines) is 1. The van der Waals surface area contributed by atoms with E-state index in [1.165, 1.54) is 0 Å². The first kappa shape index (κ1) is 15.0. The van der Waals surface area contributed by atoms with E-state index in [4.69, 9.17) is 5.73 Å². The van der Waals surface area contributed by atoms with Crippen molar-refractivity contribution in [3.8, 4) is 0 Å². The van der Waals surface area contributed by atoms with E-state index in [0.717, 1.165) is 31.4 Å². The molecule has 2 N–H and O–H groups in total. The Labute approximate surface area is 122 Å². The van der Waals surface area contributed by atoms with Crippen molar-refractivity contribution in [3.63, 3.8) is 0 Å². The van der Waals surface area contributed by atoms with Crippen LogP contribution in [0.3, 0.4) is 0 Å². The molecule has 20 heavy (non-hydrogen) atoms. The maximum atomic E-state index is 13.0. The zero-order chi connectivity index (χ0) is 14.5. The van der Waals surface area contributed by atoms with Gasteiger partial charge in [0, 0.05) is 19.1 Å². The molecule has 1 aliphatic rings. The summed E-state index contributed by atoms with van der Waals surface area (Å²) < 4.78 is 0. The lowest BCUT2D eigenvalue weighted by Crippen LogP contribution is -2.43. The maximum absolute atomic E-state index is 13.0. The normalized spacial score (nSPS) is 21.8. The first-order valence-corrected chi connectivity index (χ1v) is 7.74. The summed E-state index contributed by atoms with van der Waals surface area (Å²) in [7, 11) is 0. The highest BCUT2D eigenvalue weighted by Crippen LogP contribution is 2.31. The summed E-state index contributed by atoms with van der Waals surface area (Å²) in [6.07, 6.45) is 3.13. The molecular weight excluding hydrogens is 248 g/mol. The van der Waals surface area contributed by atoms with Crippen molar-refractivity contribution in [1.29, 1.82) is 0 Å². The first-order chi connectivity index (χ1) is 9.69. The number of carbonyl (C=O) groups is 1. The van der Waals surface area contributed by atoms with Crippen molar-refractivity contribution in [2.24, 2.45) is 11.7 Å². The Balaban J connectivity index is 2.25. The summed E-state index contributed by atoms with van der Waals surface area (Å²) >= 11 is 0. The predicted octanol–water partition coefficient (Wildman–Crippen LogP) is 2.77. The van der Waals surface area contributed by atoms with E-state index >= 15 is 0 Å². The van der Waals surface area contributed by atoms with E-state index in [-0.39, 0.29) is 17.9 Å². The van der Waals surface area contributed by atoms with E-state index in [1.54, 1.807) is 0 Å². The molecule has 1 fully saturated rings. The van der Waals surface area contributed by atoms with Gasteiger partial charge < -0.3 is 10.6 Å². The second-order valence-corrected chi connectivity index (χ2v) is 5.84. The van der Waals surface area contributed by atoms with Crippen LogP contribution in [0.4, 0.5) is 0 Å². The maximum Gasteiger partial charge on any atom is 0.230 e. The standard InChI is InChI=1S/C17H26N2O/c1-3-13(2)16(14-8-5-4-6-9-14)17(20)19-11-7-10-15(19)12-18/h4-6,8-9,13,15-16H,3,7,10-12,18H2,1-2H3. The lowest BCUT2D eigenvalue weighted by Gasteiger charge is -2.31. The van der Waals surface area contributed by atoms with Crippen molar-refractivity contribution in [2.45, 2.75) is 45.1 Å². The van der Waals surface area contributed by atoms with Gasteiger partial charge in [-0.15, -0.1) is 0 Å². The third-order valence-corrected chi connectivity index (χ3v) is 4.57. The molecule has 1 aromatic rings. The average Bonchev–Trinajstić information content (AvgIpc) is 2.96. The molecule has 3 unspecified atom stereocenters. The van der Waals surface area contributed by atoms with E-state index in [9.17, 15) is 4.79 Å². The fraction of sp³-hybridized carbons (Fsp3) is 0.588. The molecule has 0 aliphatic carbocycles. The van der Waals surface area contributed by atoms with Gasteiger partial charge in [-0.25, -0.2) is 0 Å². The van der Waals surface area contributed by atoms with Gasteiger partial charge in [0.2, 0.25) is 5.91 Å². The number of amides is 1. The smallest absolute Gasteiger partial charge is 0.230 e. The van der Waals surface area contributed by atoms with Crippen molar-refractivity contribution < 1.29 is 4.79 Å². The highest BCUT2D eigenvalue weighted by Gasteiger charge is 2.35. The SMILES string of the molecule is CCC(C)C(C(=O)N1CCCC1CN)c1ccccc1. The van der Waals surface area contributed by atoms with E-state index in [0.29, 0.717) is 12.5 Å². The molecule has 1 heterocycles. The van der Waals surface area contributed by atoms with Crippen molar-refractivity contribution in [3.05, 3.63) is 35.9 Å². The molecule has 0 spiro atoms. The largest absolute Gasteiger partial charge is 0.338 e. The first-order valence-electron chi connectivity index (χ1n) is 7.74. The van der Waals surface area contributed by atoms with Crippen molar-refractivity contribution in [1.82, 2.24) is 4.90 Å². The van der Waals surface area contributed by atoms with E-state index in [2.05, 4.69) is 26.0 Å². The molecule has 1 amide bonds. The van der Waals surface area contributed by atoms with Crippen LogP contribution in [0, 0.1) is 5.92 Å². The van der Waals surface area contributed by atoms with Crippen LogP contribution < -0.4 is 5.73 Å². The molecule has 1 aromatic carbocycles. The van der Waals surface area contributed by atoms with Crippen LogP contribution in [0.1, 0.15) is 44.6 Å². The van der Waals surface area contributed by atoms with Crippen LogP contribution in [0.5, 0.6) is 0 Å². The minimum atomic E-state index is -0.0339. The lowest BCUT2D eigenvalue weighted by molar-refractivity contribution is -0.134. The Morgan fingerprint density at radius 2 is 2.10 bits per heavy atom. The van der Waals surface area contributed by atoms with Crippen LogP contribution in [-0.2, 0) is 4.79 Å². The monoisotopic (exact) mass is 274 g/mol. The van der Waals surface area contributed by atoms with Crippen molar-refractivity contribution >= 4 is 5.91 Å². The fourth-order valence-corrected chi connectivity index (χ4v) is 3.16. The van der Waals surface area contributed by atoms with Gasteiger partial charge in [-0.2, -0.15) is 0 Å². The van der Waals surface area contributed by atoms with E-state index < -0.39 is 0 Å². The molecule has 1 saturated heterocycles. The predicted molar refractivity (Wildman–Crippen MR) is 82.4 cm³/mol. The van der Waals surface area contributed by atoms with Gasteiger partial charge in [0.15, 0.2) is 0 Å². The summed E-state index contributed by atoms with van der Waals surface area (Å²) in [5, 5.41) is 0. The summed E-state index contributed by atoms with van der Waals surface area (Å²) in [6, 6.07) is 10.4. The van der Waals surface area contributed by atoms with Gasteiger partial charge >= 0.3 is 0 Å². The molecule has 3 atom stereocenters. The van der Waals surface area contributed by atoms with Crippen LogP contribution in [-0.4, -0.2) is 29.9 Å². The number of hydrogen-bond donors (Lipinski definition) is 1. The highest BCUT2D eigenvalue weighted by molar-refractivity contribution is 5.84. The van der Waals surface area contributed by atoms with Gasteiger partial charge in [0.1, 0.15) is 0 Å². The van der Waals surface area contributed by atoms with Gasteiger partial charge in [0.05, 0.1) is 5.92 Å². The van der Waals surface area contributed by atoms with Crippen LogP contribution in [0.25, 0.3) is 0 Å². The number of benzene rings is 1. The molecule has 110 valence electrons. The Bertz CT molecular complexity index is 432. The quantitative estimate of drug-likeness (QED) is 0.897. The number of rotatable bonds is 5. The Hall–Kier alpha value is -1.35. The summed E-state index contributed by atoms with van der Waals surface area (Å²) in [5.41, 5.74) is 6.95.